The van der Waals surface area contributed by atoms with E-state index >= 15 is 0 Å². The van der Waals surface area contributed by atoms with Crippen LogP contribution in [0.3, 0.4) is 0 Å². The number of Topliss-reactive ketones (excluding diaryl/α,β-unsaturated/α-hetero) is 1. The minimum Gasteiger partial charge on any atom is -0.466 e. The Morgan fingerprint density at radius 1 is 1.06 bits per heavy atom. The summed E-state index contributed by atoms with van der Waals surface area (Å²) in [6, 6.07) is 18.5. The number of methoxy groups -OCH3 is 1. The lowest BCUT2D eigenvalue weighted by atomic mass is 9.83. The minimum atomic E-state index is -0.668. The molecule has 0 saturated heterocycles. The van der Waals surface area contributed by atoms with Gasteiger partial charge in [0.15, 0.2) is 10.9 Å². The number of hydrogen-bond acceptors (Lipinski definition) is 6. The second-order valence-electron chi connectivity index (χ2n) is 7.46. The number of fused-ring (bicyclic) bond motifs is 2. The number of carbonyl (C=O) groups excluding carboxylic acids is 2. The number of ketones is 1. The van der Waals surface area contributed by atoms with Gasteiger partial charge < -0.3 is 14.5 Å². The number of carbonyl (C=O) groups is 2. The highest BCUT2D eigenvalue weighted by atomic mass is 35.5. The topological polar surface area (TPSA) is 68.5 Å². The van der Waals surface area contributed by atoms with Gasteiger partial charge in [0.1, 0.15) is 5.76 Å². The van der Waals surface area contributed by atoms with Crippen molar-refractivity contribution in [3.05, 3.63) is 99.4 Å². The molecular formula is C25H18ClNO4S. The van der Waals surface area contributed by atoms with E-state index in [4.69, 9.17) is 20.8 Å². The molecule has 0 radical (unpaired) electrons. The molecule has 7 heteroatoms. The number of nitrogens with one attached hydrogen (secondary N) is 1. The molecular weight excluding hydrogens is 446 g/mol. The summed E-state index contributed by atoms with van der Waals surface area (Å²) in [5.41, 5.74) is 3.64. The Hall–Kier alpha value is -3.22. The van der Waals surface area contributed by atoms with Crippen molar-refractivity contribution in [2.75, 3.05) is 7.11 Å². The van der Waals surface area contributed by atoms with Crippen LogP contribution in [0.4, 0.5) is 0 Å². The molecule has 1 aliphatic heterocycles. The highest BCUT2D eigenvalue weighted by Gasteiger charge is 2.44. The standard InChI is InChI=1S/C25H18ClNO4S/c1-13-20(25(29)30-2)21(22-23(27-13)16-5-3-4-6-17(16)24(22)28)18-11-12-19(31-18)32-15-9-7-14(26)8-10-15/h3-12,21,27H,1-2H3/t21-/m1/s1. The van der Waals surface area contributed by atoms with Gasteiger partial charge in [-0.05, 0) is 43.3 Å². The van der Waals surface area contributed by atoms with E-state index in [0.29, 0.717) is 44.0 Å². The number of esters is 1. The molecule has 2 aromatic carbocycles. The summed E-state index contributed by atoms with van der Waals surface area (Å²) in [4.78, 5) is 27.1. The van der Waals surface area contributed by atoms with Crippen molar-refractivity contribution in [1.29, 1.82) is 0 Å². The maximum atomic E-state index is 13.4. The first-order valence-electron chi connectivity index (χ1n) is 9.95. The SMILES string of the molecule is COC(=O)C1=C(C)NC2=C(C(=O)c3ccccc32)[C@@H]1c1ccc(Sc2ccc(Cl)cc2)o1. The predicted octanol–water partition coefficient (Wildman–Crippen LogP) is 5.83. The van der Waals surface area contributed by atoms with Crippen molar-refractivity contribution >= 4 is 40.8 Å². The molecule has 5 nitrogen and oxygen atoms in total. The van der Waals surface area contributed by atoms with Crippen LogP contribution in [0.5, 0.6) is 0 Å². The van der Waals surface area contributed by atoms with E-state index in [-0.39, 0.29) is 5.78 Å². The monoisotopic (exact) mass is 463 g/mol. The third-order valence-electron chi connectivity index (χ3n) is 5.57. The number of furan rings is 1. The Kier molecular flexibility index (Phi) is 5.19. The zero-order valence-electron chi connectivity index (χ0n) is 17.3. The van der Waals surface area contributed by atoms with Crippen LogP contribution in [-0.2, 0) is 9.53 Å². The van der Waals surface area contributed by atoms with Gasteiger partial charge in [0.2, 0.25) is 0 Å². The first-order chi connectivity index (χ1) is 15.5. The van der Waals surface area contributed by atoms with Gasteiger partial charge in [0.25, 0.3) is 0 Å². The van der Waals surface area contributed by atoms with Crippen molar-refractivity contribution in [3.8, 4) is 0 Å². The molecule has 0 bridgehead atoms. The molecule has 0 unspecified atom stereocenters. The van der Waals surface area contributed by atoms with Gasteiger partial charge in [0.05, 0.1) is 24.3 Å². The molecule has 32 heavy (non-hydrogen) atoms. The fourth-order valence-electron chi connectivity index (χ4n) is 4.16. The first-order valence-corrected chi connectivity index (χ1v) is 11.1. The third-order valence-corrected chi connectivity index (χ3v) is 6.75. The van der Waals surface area contributed by atoms with E-state index in [9.17, 15) is 9.59 Å². The summed E-state index contributed by atoms with van der Waals surface area (Å²) in [7, 11) is 1.33. The number of rotatable bonds is 4. The van der Waals surface area contributed by atoms with Crippen LogP contribution in [0, 0.1) is 0 Å². The third kappa shape index (κ3) is 3.36. The summed E-state index contributed by atoms with van der Waals surface area (Å²) in [6.45, 7) is 1.81. The second kappa shape index (κ2) is 8.04. The van der Waals surface area contributed by atoms with Gasteiger partial charge in [-0.15, -0.1) is 0 Å². The Bertz CT molecular complexity index is 1320. The maximum absolute atomic E-state index is 13.4. The van der Waals surface area contributed by atoms with E-state index in [2.05, 4.69) is 5.32 Å². The van der Waals surface area contributed by atoms with Crippen molar-refractivity contribution in [1.82, 2.24) is 5.32 Å². The summed E-state index contributed by atoms with van der Waals surface area (Å²) in [5, 5.41) is 4.56. The van der Waals surface area contributed by atoms with E-state index in [1.54, 1.807) is 13.0 Å². The lowest BCUT2D eigenvalue weighted by Crippen LogP contribution is -2.28. The molecule has 0 saturated carbocycles. The quantitative estimate of drug-likeness (QED) is 0.491. The Balaban J connectivity index is 1.59. The van der Waals surface area contributed by atoms with Crippen LogP contribution in [-0.4, -0.2) is 18.9 Å². The van der Waals surface area contributed by atoms with Crippen LogP contribution >= 0.6 is 23.4 Å². The molecule has 1 atom stereocenters. The maximum Gasteiger partial charge on any atom is 0.336 e. The molecule has 2 aliphatic rings. The fraction of sp³-hybridized carbons (Fsp3) is 0.120. The van der Waals surface area contributed by atoms with Crippen LogP contribution in [0.15, 0.2) is 91.9 Å². The molecule has 0 spiro atoms. The summed E-state index contributed by atoms with van der Waals surface area (Å²) < 4.78 is 11.2. The molecule has 0 fully saturated rings. The average molecular weight is 464 g/mol. The fourth-order valence-corrected chi connectivity index (χ4v) is 5.06. The first kappa shape index (κ1) is 20.7. The van der Waals surface area contributed by atoms with Gasteiger partial charge in [-0.3, -0.25) is 4.79 Å². The normalized spacial score (nSPS) is 17.2. The molecule has 160 valence electrons. The van der Waals surface area contributed by atoms with Crippen molar-refractivity contribution in [2.24, 2.45) is 0 Å². The van der Waals surface area contributed by atoms with E-state index < -0.39 is 11.9 Å². The van der Waals surface area contributed by atoms with E-state index in [1.165, 1.54) is 18.9 Å². The lowest BCUT2D eigenvalue weighted by molar-refractivity contribution is -0.136. The molecule has 1 aliphatic carbocycles. The van der Waals surface area contributed by atoms with E-state index in [0.717, 1.165) is 10.5 Å². The van der Waals surface area contributed by atoms with Crippen LogP contribution in [0.1, 0.15) is 34.5 Å². The molecule has 0 amide bonds. The molecule has 3 aromatic rings. The number of benzene rings is 2. The average Bonchev–Trinajstić information content (AvgIpc) is 3.37. The summed E-state index contributed by atoms with van der Waals surface area (Å²) in [5.74, 6) is -0.779. The van der Waals surface area contributed by atoms with Gasteiger partial charge in [0, 0.05) is 32.3 Å². The number of ether oxygens (including phenoxy) is 1. The van der Waals surface area contributed by atoms with Gasteiger partial charge >= 0.3 is 5.97 Å². The number of allylic oxidation sites excluding steroid dienone is 2. The van der Waals surface area contributed by atoms with Crippen molar-refractivity contribution in [2.45, 2.75) is 22.8 Å². The van der Waals surface area contributed by atoms with Gasteiger partial charge in [-0.25, -0.2) is 4.79 Å². The highest BCUT2D eigenvalue weighted by Crippen LogP contribution is 2.47. The summed E-state index contributed by atoms with van der Waals surface area (Å²) in [6.07, 6.45) is 0. The largest absolute Gasteiger partial charge is 0.466 e. The van der Waals surface area contributed by atoms with Crippen LogP contribution < -0.4 is 5.32 Å². The molecule has 1 N–H and O–H groups in total. The molecule has 2 heterocycles. The van der Waals surface area contributed by atoms with Crippen molar-refractivity contribution in [3.63, 3.8) is 0 Å². The Morgan fingerprint density at radius 3 is 2.50 bits per heavy atom. The molecule has 1 aromatic heterocycles. The number of hydrogen-bond donors (Lipinski definition) is 1. The van der Waals surface area contributed by atoms with Crippen LogP contribution in [0.25, 0.3) is 5.70 Å². The van der Waals surface area contributed by atoms with Gasteiger partial charge in [-0.1, -0.05) is 47.6 Å². The smallest absolute Gasteiger partial charge is 0.336 e. The molecule has 5 rings (SSSR count). The number of dihydropyridines is 1. The van der Waals surface area contributed by atoms with E-state index in [1.807, 2.05) is 54.6 Å². The summed E-state index contributed by atoms with van der Waals surface area (Å²) >= 11 is 7.41. The predicted molar refractivity (Wildman–Crippen MR) is 123 cm³/mol. The Labute approximate surface area is 194 Å². The van der Waals surface area contributed by atoms with Gasteiger partial charge in [-0.2, -0.15) is 0 Å². The lowest BCUT2D eigenvalue weighted by Gasteiger charge is -2.27. The zero-order chi connectivity index (χ0) is 22.4. The Morgan fingerprint density at radius 2 is 1.78 bits per heavy atom. The highest BCUT2D eigenvalue weighted by molar-refractivity contribution is 7.99. The van der Waals surface area contributed by atoms with Crippen molar-refractivity contribution < 1.29 is 18.7 Å². The van der Waals surface area contributed by atoms with Crippen LogP contribution in [0.2, 0.25) is 5.02 Å². The minimum absolute atomic E-state index is 0.120. The second-order valence-corrected chi connectivity index (χ2v) is 8.98. The zero-order valence-corrected chi connectivity index (χ0v) is 18.8. The number of halogens is 1.